The van der Waals surface area contributed by atoms with Crippen LogP contribution in [0.1, 0.15) is 44.9 Å². The number of rotatable bonds is 8. The summed E-state index contributed by atoms with van der Waals surface area (Å²) in [6.45, 7) is 0. The highest BCUT2D eigenvalue weighted by Gasteiger charge is 2.31. The Morgan fingerprint density at radius 2 is 0.763 bits per heavy atom. The molecular weight excluding hydrogens is 931 g/mol. The Balaban J connectivity index is 0.944. The topological polar surface area (TPSA) is 152 Å². The second kappa shape index (κ2) is 18.5. The quantitative estimate of drug-likeness (QED) is 0.146. The lowest BCUT2D eigenvalue weighted by Gasteiger charge is -2.16. The molecule has 0 radical (unpaired) electrons. The lowest BCUT2D eigenvalue weighted by molar-refractivity contribution is 1.01. The molecule has 1 aliphatic rings. The molecular formula is C67H37N9. The minimum absolute atomic E-state index is 0.176. The Morgan fingerprint density at radius 1 is 0.329 bits per heavy atom. The van der Waals surface area contributed by atoms with Gasteiger partial charge in [-0.15, -0.1) is 0 Å². The van der Waals surface area contributed by atoms with E-state index in [1.54, 1.807) is 0 Å². The van der Waals surface area contributed by atoms with Gasteiger partial charge in [-0.25, -0.2) is 19.9 Å². The molecule has 9 aromatic carbocycles. The van der Waals surface area contributed by atoms with Crippen LogP contribution < -0.4 is 0 Å². The predicted octanol–water partition coefficient (Wildman–Crippen LogP) is 15.0. The number of hydrogen-bond donors (Lipinski definition) is 0. The first-order valence-corrected chi connectivity index (χ1v) is 24.6. The second-order valence-corrected chi connectivity index (χ2v) is 18.7. The van der Waals surface area contributed by atoms with Gasteiger partial charge >= 0.3 is 0 Å². The van der Waals surface area contributed by atoms with Gasteiger partial charge in [0.15, 0.2) is 17.5 Å². The molecule has 0 amide bonds. The minimum atomic E-state index is -0.176. The first kappa shape index (κ1) is 44.8. The zero-order valence-electron chi connectivity index (χ0n) is 40.4. The number of pyridine rings is 1. The van der Waals surface area contributed by atoms with Crippen LogP contribution in [0, 0.1) is 45.3 Å². The lowest BCUT2D eigenvalue weighted by atomic mass is 9.87. The molecule has 1 aliphatic carbocycles. The van der Waals surface area contributed by atoms with E-state index in [2.05, 4.69) is 102 Å². The van der Waals surface area contributed by atoms with Gasteiger partial charge in [0, 0.05) is 50.2 Å². The number of nitrogens with zero attached hydrogens (tertiary/aromatic N) is 9. The summed E-state index contributed by atoms with van der Waals surface area (Å²) in [5, 5.41) is 41.6. The monoisotopic (exact) mass is 967 g/mol. The van der Waals surface area contributed by atoms with Gasteiger partial charge in [0.25, 0.3) is 0 Å². The van der Waals surface area contributed by atoms with Crippen molar-refractivity contribution in [3.8, 4) is 109 Å². The molecule has 350 valence electrons. The van der Waals surface area contributed by atoms with E-state index in [0.717, 1.165) is 106 Å². The van der Waals surface area contributed by atoms with E-state index in [1.165, 1.54) is 0 Å². The van der Waals surface area contributed by atoms with E-state index >= 15 is 0 Å². The van der Waals surface area contributed by atoms with Crippen molar-refractivity contribution < 1.29 is 0 Å². The average molecular weight is 968 g/mol. The first-order chi connectivity index (χ1) is 37.4. The van der Waals surface area contributed by atoms with Crippen molar-refractivity contribution in [2.75, 3.05) is 0 Å². The van der Waals surface area contributed by atoms with Crippen molar-refractivity contribution in [1.82, 2.24) is 24.5 Å². The smallest absolute Gasteiger partial charge is 0.164 e. The molecule has 3 heterocycles. The van der Waals surface area contributed by atoms with Crippen LogP contribution in [0.2, 0.25) is 0 Å². The first-order valence-electron chi connectivity index (χ1n) is 24.6. The Labute approximate surface area is 437 Å². The number of nitriles is 4. The Bertz CT molecular complexity index is 4300. The van der Waals surface area contributed by atoms with Crippen molar-refractivity contribution in [2.24, 2.45) is 0 Å². The van der Waals surface area contributed by atoms with Crippen molar-refractivity contribution in [1.29, 1.82) is 21.0 Å². The van der Waals surface area contributed by atoms with Gasteiger partial charge in [-0.05, 0) is 118 Å². The predicted molar refractivity (Wildman–Crippen MR) is 296 cm³/mol. The van der Waals surface area contributed by atoms with Crippen molar-refractivity contribution in [2.45, 2.75) is 5.92 Å². The van der Waals surface area contributed by atoms with E-state index in [1.807, 2.05) is 146 Å². The van der Waals surface area contributed by atoms with Gasteiger partial charge in [-0.3, -0.25) is 0 Å². The maximum absolute atomic E-state index is 9.92. The number of hydrogen-bond acceptors (Lipinski definition) is 8. The molecule has 9 nitrogen and oxygen atoms in total. The van der Waals surface area contributed by atoms with E-state index in [-0.39, 0.29) is 5.92 Å². The molecule has 0 fully saturated rings. The number of aromatic nitrogens is 5. The maximum atomic E-state index is 9.92. The molecule has 13 rings (SSSR count). The lowest BCUT2D eigenvalue weighted by Crippen LogP contribution is -2.00. The van der Waals surface area contributed by atoms with Crippen LogP contribution in [-0.2, 0) is 0 Å². The molecule has 0 saturated heterocycles. The van der Waals surface area contributed by atoms with Gasteiger partial charge < -0.3 is 4.57 Å². The maximum Gasteiger partial charge on any atom is 0.164 e. The number of benzene rings is 9. The van der Waals surface area contributed by atoms with Crippen LogP contribution in [0.4, 0.5) is 0 Å². The Kier molecular flexibility index (Phi) is 10.9. The van der Waals surface area contributed by atoms with Crippen LogP contribution >= 0.6 is 0 Å². The second-order valence-electron chi connectivity index (χ2n) is 18.7. The SMILES string of the molecule is N#Cc1ccc2c(c1)C(c1ccc(-c3cc(-c4cccc(-c5nc(-c6ccccc6)nc(-c6ccccc6)n5)c4)cc(-c4ccc(-n5c6cc(C#N)ccc6c6ccc(C#N)cc65)cc4)n3)cc1)c1cc(C#N)ccc1-2. The van der Waals surface area contributed by atoms with Crippen LogP contribution in [0.5, 0.6) is 0 Å². The molecule has 0 saturated carbocycles. The molecule has 3 aromatic heterocycles. The highest BCUT2D eigenvalue weighted by molar-refractivity contribution is 6.10. The summed E-state index contributed by atoms with van der Waals surface area (Å²) in [7, 11) is 0. The summed E-state index contributed by atoms with van der Waals surface area (Å²) >= 11 is 0. The van der Waals surface area contributed by atoms with Crippen LogP contribution in [0.15, 0.2) is 218 Å². The van der Waals surface area contributed by atoms with Gasteiger partial charge in [0.05, 0.1) is 69.0 Å². The molecule has 0 bridgehead atoms. The summed E-state index contributed by atoms with van der Waals surface area (Å²) < 4.78 is 2.11. The van der Waals surface area contributed by atoms with Crippen molar-refractivity contribution in [3.05, 3.63) is 257 Å². The van der Waals surface area contributed by atoms with E-state index in [4.69, 9.17) is 19.9 Å². The van der Waals surface area contributed by atoms with Crippen LogP contribution in [0.25, 0.3) is 106 Å². The van der Waals surface area contributed by atoms with Crippen LogP contribution in [0.3, 0.4) is 0 Å². The summed E-state index contributed by atoms with van der Waals surface area (Å²) in [5.74, 6) is 1.52. The average Bonchev–Trinajstić information content (AvgIpc) is 4.09. The largest absolute Gasteiger partial charge is 0.309 e. The fraction of sp³-hybridized carbons (Fsp3) is 0.0149. The standard InChI is InChI=1S/C67H37N9/c68-37-41-14-26-54-55-27-15-42(38-69)31-59(55)64(58(54)30-41)47-20-18-45(19-21-47)60-35-52(50-12-7-13-51(34-50)67-74-65(48-8-3-1-4-9-48)73-66(75-67)49-10-5-2-6-11-49)36-61(72-60)46-22-24-53(25-23-46)76-62-32-43(39-70)16-28-56(62)57-29-17-44(40-71)33-63(57)76/h1-36,64H. The third-order valence-electron chi connectivity index (χ3n) is 14.2. The molecule has 12 aromatic rings. The normalized spacial score (nSPS) is 11.6. The molecule has 9 heteroatoms. The zero-order valence-corrected chi connectivity index (χ0v) is 40.4. The fourth-order valence-corrected chi connectivity index (χ4v) is 10.6. The third-order valence-corrected chi connectivity index (χ3v) is 14.2. The molecule has 0 N–H and O–H groups in total. The number of fused-ring (bicyclic) bond motifs is 6. The third kappa shape index (κ3) is 7.88. The Hall–Kier alpha value is -11.1. The zero-order chi connectivity index (χ0) is 51.3. The highest BCUT2D eigenvalue weighted by atomic mass is 15.0. The Morgan fingerprint density at radius 3 is 1.26 bits per heavy atom. The molecule has 76 heavy (non-hydrogen) atoms. The fourth-order valence-electron chi connectivity index (χ4n) is 10.6. The van der Waals surface area contributed by atoms with Gasteiger partial charge in [0.1, 0.15) is 0 Å². The van der Waals surface area contributed by atoms with E-state index < -0.39 is 0 Å². The van der Waals surface area contributed by atoms with Gasteiger partial charge in [-0.1, -0.05) is 140 Å². The van der Waals surface area contributed by atoms with Crippen molar-refractivity contribution in [3.63, 3.8) is 0 Å². The molecule has 0 aliphatic heterocycles. The highest BCUT2D eigenvalue weighted by Crippen LogP contribution is 2.49. The van der Waals surface area contributed by atoms with E-state index in [9.17, 15) is 21.0 Å². The van der Waals surface area contributed by atoms with Gasteiger partial charge in [-0.2, -0.15) is 21.0 Å². The molecule has 0 atom stereocenters. The summed E-state index contributed by atoms with van der Waals surface area (Å²) in [6.07, 6.45) is 0. The van der Waals surface area contributed by atoms with Gasteiger partial charge in [0.2, 0.25) is 0 Å². The summed E-state index contributed by atoms with van der Waals surface area (Å²) in [5.41, 5.74) is 17.8. The molecule has 0 unspecified atom stereocenters. The summed E-state index contributed by atoms with van der Waals surface area (Å²) in [6, 6.07) is 81.2. The summed E-state index contributed by atoms with van der Waals surface area (Å²) in [4.78, 5) is 20.4. The van der Waals surface area contributed by atoms with Crippen molar-refractivity contribution >= 4 is 21.8 Å². The minimum Gasteiger partial charge on any atom is -0.309 e. The van der Waals surface area contributed by atoms with Crippen LogP contribution in [-0.4, -0.2) is 24.5 Å². The molecule has 0 spiro atoms. The van der Waals surface area contributed by atoms with E-state index in [0.29, 0.717) is 39.7 Å².